The number of rotatable bonds is 10. The summed E-state index contributed by atoms with van der Waals surface area (Å²) in [7, 11) is 0.284. The van der Waals surface area contributed by atoms with Crippen molar-refractivity contribution in [2.45, 2.75) is 13.8 Å². The summed E-state index contributed by atoms with van der Waals surface area (Å²) in [6.45, 7) is 5.97. The molecule has 148 valence electrons. The number of aliphatic imine (C=N–C) groups is 1. The van der Waals surface area contributed by atoms with Gasteiger partial charge >= 0.3 is 0 Å². The molecule has 7 nitrogen and oxygen atoms in total. The lowest BCUT2D eigenvalue weighted by Crippen LogP contribution is -2.44. The van der Waals surface area contributed by atoms with Gasteiger partial charge in [0.1, 0.15) is 12.4 Å². The van der Waals surface area contributed by atoms with Gasteiger partial charge in [0.25, 0.3) is 0 Å². The van der Waals surface area contributed by atoms with Crippen molar-refractivity contribution >= 4 is 27.6 Å². The summed E-state index contributed by atoms with van der Waals surface area (Å²) in [5.41, 5.74) is 0. The van der Waals surface area contributed by atoms with Gasteiger partial charge in [-0.05, 0) is 18.2 Å². The van der Waals surface area contributed by atoms with E-state index in [2.05, 4.69) is 10.3 Å². The molecule has 0 radical (unpaired) electrons. The number of guanidine groups is 1. The van der Waals surface area contributed by atoms with Gasteiger partial charge in [-0.2, -0.15) is 0 Å². The highest BCUT2D eigenvalue weighted by molar-refractivity contribution is 7.89. The minimum absolute atomic E-state index is 0.0283. The number of likely N-dealkylation sites (N-methyl/N-ethyl adjacent to an activating group) is 1. The normalized spacial score (nSPS) is 12.3. The minimum Gasteiger partial charge on any atom is -0.492 e. The number of nitrogens with zero attached hydrogens (tertiary/aromatic N) is 3. The fraction of sp³-hybridized carbons (Fsp3) is 0.588. The molecule has 9 heteroatoms. The Morgan fingerprint density at radius 1 is 1.31 bits per heavy atom. The summed E-state index contributed by atoms with van der Waals surface area (Å²) < 4.78 is 31.5. The quantitative estimate of drug-likeness (QED) is 0.476. The Hall–Kier alpha value is -1.51. The lowest BCUT2D eigenvalue weighted by atomic mass is 10.3. The molecule has 0 aliphatic heterocycles. The van der Waals surface area contributed by atoms with Crippen molar-refractivity contribution in [3.8, 4) is 5.75 Å². The average Bonchev–Trinajstić information content (AvgIpc) is 2.59. The largest absolute Gasteiger partial charge is 0.492 e. The second kappa shape index (κ2) is 11.3. The fourth-order valence-corrected chi connectivity index (χ4v) is 3.97. The zero-order chi connectivity index (χ0) is 19.6. The third-order valence-corrected chi connectivity index (χ3v) is 6.07. The Balaban J connectivity index is 2.43. The third-order valence-electron chi connectivity index (χ3n) is 3.81. The molecule has 1 rings (SSSR count). The van der Waals surface area contributed by atoms with Crippen LogP contribution in [0.4, 0.5) is 0 Å². The SMILES string of the molecule is CCN(CC)S(=O)(=O)CCNC(=NC)N(C)CCOc1cccc(Cl)c1. The van der Waals surface area contributed by atoms with Crippen LogP contribution in [0.5, 0.6) is 5.75 Å². The van der Waals surface area contributed by atoms with Crippen LogP contribution in [0.25, 0.3) is 0 Å². The molecular weight excluding hydrogens is 376 g/mol. The zero-order valence-corrected chi connectivity index (χ0v) is 17.5. The second-order valence-electron chi connectivity index (χ2n) is 5.60. The van der Waals surface area contributed by atoms with E-state index in [0.29, 0.717) is 49.5 Å². The van der Waals surface area contributed by atoms with Gasteiger partial charge in [-0.1, -0.05) is 31.5 Å². The van der Waals surface area contributed by atoms with E-state index < -0.39 is 10.0 Å². The Morgan fingerprint density at radius 2 is 2.00 bits per heavy atom. The van der Waals surface area contributed by atoms with Gasteiger partial charge in [-0.15, -0.1) is 0 Å². The molecule has 0 aliphatic rings. The number of benzene rings is 1. The van der Waals surface area contributed by atoms with Gasteiger partial charge in [-0.3, -0.25) is 4.99 Å². The second-order valence-corrected chi connectivity index (χ2v) is 8.13. The van der Waals surface area contributed by atoms with Crippen LogP contribution in [0.2, 0.25) is 5.02 Å². The predicted octanol–water partition coefficient (Wildman–Crippen LogP) is 1.90. The van der Waals surface area contributed by atoms with E-state index in [-0.39, 0.29) is 5.75 Å². The summed E-state index contributed by atoms with van der Waals surface area (Å²) in [6.07, 6.45) is 0. The summed E-state index contributed by atoms with van der Waals surface area (Å²) in [6, 6.07) is 7.22. The van der Waals surface area contributed by atoms with Crippen LogP contribution < -0.4 is 10.1 Å². The van der Waals surface area contributed by atoms with E-state index in [1.54, 1.807) is 19.2 Å². The van der Waals surface area contributed by atoms with Crippen LogP contribution in [-0.2, 0) is 10.0 Å². The molecule has 0 fully saturated rings. The van der Waals surface area contributed by atoms with Crippen LogP contribution >= 0.6 is 11.6 Å². The number of hydrogen-bond donors (Lipinski definition) is 1. The molecule has 0 spiro atoms. The maximum atomic E-state index is 12.2. The molecule has 0 amide bonds. The summed E-state index contributed by atoms with van der Waals surface area (Å²) in [4.78, 5) is 6.06. The van der Waals surface area contributed by atoms with Crippen LogP contribution in [-0.4, -0.2) is 76.2 Å². The molecule has 0 unspecified atom stereocenters. The van der Waals surface area contributed by atoms with Crippen molar-refractivity contribution < 1.29 is 13.2 Å². The first-order valence-electron chi connectivity index (χ1n) is 8.62. The van der Waals surface area contributed by atoms with Crippen LogP contribution in [0.1, 0.15) is 13.8 Å². The van der Waals surface area contributed by atoms with Gasteiger partial charge in [0.2, 0.25) is 10.0 Å². The van der Waals surface area contributed by atoms with Gasteiger partial charge in [0.05, 0.1) is 12.3 Å². The number of halogens is 1. The molecule has 0 aliphatic carbocycles. The van der Waals surface area contributed by atoms with Gasteiger partial charge < -0.3 is 15.0 Å². The highest BCUT2D eigenvalue weighted by atomic mass is 35.5. The number of hydrogen-bond acceptors (Lipinski definition) is 4. The maximum Gasteiger partial charge on any atom is 0.215 e. The minimum atomic E-state index is -3.25. The highest BCUT2D eigenvalue weighted by Crippen LogP contribution is 2.16. The van der Waals surface area contributed by atoms with E-state index in [1.165, 1.54) is 4.31 Å². The van der Waals surface area contributed by atoms with Crippen LogP contribution in [0.3, 0.4) is 0 Å². The molecular formula is C17H29ClN4O3S. The van der Waals surface area contributed by atoms with Crippen molar-refractivity contribution in [3.63, 3.8) is 0 Å². The number of nitrogens with one attached hydrogen (secondary N) is 1. The first kappa shape index (κ1) is 22.5. The van der Waals surface area contributed by atoms with E-state index in [1.807, 2.05) is 37.9 Å². The fourth-order valence-electron chi connectivity index (χ4n) is 2.39. The molecule has 1 aromatic carbocycles. The van der Waals surface area contributed by atoms with E-state index in [9.17, 15) is 8.42 Å². The maximum absolute atomic E-state index is 12.2. The van der Waals surface area contributed by atoms with E-state index >= 15 is 0 Å². The van der Waals surface area contributed by atoms with Crippen molar-refractivity contribution in [1.29, 1.82) is 0 Å². The smallest absolute Gasteiger partial charge is 0.215 e. The van der Waals surface area contributed by atoms with Crippen molar-refractivity contribution in [2.24, 2.45) is 4.99 Å². The van der Waals surface area contributed by atoms with E-state index in [4.69, 9.17) is 16.3 Å². The number of sulfonamides is 1. The molecule has 0 saturated heterocycles. The molecule has 1 aromatic rings. The van der Waals surface area contributed by atoms with Crippen molar-refractivity contribution in [1.82, 2.24) is 14.5 Å². The molecule has 0 saturated carbocycles. The Bertz CT molecular complexity index is 678. The van der Waals surface area contributed by atoms with Gasteiger partial charge in [0.15, 0.2) is 5.96 Å². The Labute approximate surface area is 162 Å². The molecule has 1 N–H and O–H groups in total. The number of ether oxygens (including phenoxy) is 1. The summed E-state index contributed by atoms with van der Waals surface area (Å²) >= 11 is 5.92. The molecule has 0 aromatic heterocycles. The summed E-state index contributed by atoms with van der Waals surface area (Å²) in [5, 5.41) is 3.71. The Kier molecular flexibility index (Phi) is 9.75. The third kappa shape index (κ3) is 7.39. The van der Waals surface area contributed by atoms with Gasteiger partial charge in [-0.25, -0.2) is 12.7 Å². The molecule has 0 bridgehead atoms. The molecule has 0 heterocycles. The first-order chi connectivity index (χ1) is 12.3. The Morgan fingerprint density at radius 3 is 2.58 bits per heavy atom. The molecule has 0 atom stereocenters. The van der Waals surface area contributed by atoms with E-state index in [0.717, 1.165) is 0 Å². The van der Waals surface area contributed by atoms with Crippen LogP contribution in [0, 0.1) is 0 Å². The monoisotopic (exact) mass is 404 g/mol. The topological polar surface area (TPSA) is 74.2 Å². The summed E-state index contributed by atoms with van der Waals surface area (Å²) in [5.74, 6) is 1.36. The first-order valence-corrected chi connectivity index (χ1v) is 10.6. The zero-order valence-electron chi connectivity index (χ0n) is 15.9. The van der Waals surface area contributed by atoms with Crippen LogP contribution in [0.15, 0.2) is 29.3 Å². The predicted molar refractivity (Wildman–Crippen MR) is 108 cm³/mol. The van der Waals surface area contributed by atoms with Crippen molar-refractivity contribution in [3.05, 3.63) is 29.3 Å². The highest BCUT2D eigenvalue weighted by Gasteiger charge is 2.18. The lowest BCUT2D eigenvalue weighted by molar-refractivity contribution is 0.281. The average molecular weight is 405 g/mol. The van der Waals surface area contributed by atoms with Crippen molar-refractivity contribution in [2.75, 3.05) is 52.6 Å². The molecule has 26 heavy (non-hydrogen) atoms. The lowest BCUT2D eigenvalue weighted by Gasteiger charge is -2.23. The van der Waals surface area contributed by atoms with Gasteiger partial charge in [0, 0.05) is 38.8 Å². The standard InChI is InChI=1S/C17H29ClN4O3S/c1-5-22(6-2)26(23,24)13-10-20-17(19-3)21(4)11-12-25-16-9-7-8-15(18)14-16/h7-9,14H,5-6,10-13H2,1-4H3,(H,19,20).